The maximum absolute atomic E-state index is 10.0. The Labute approximate surface area is 146 Å². The molecule has 5 nitrogen and oxygen atoms in total. The van der Waals surface area contributed by atoms with E-state index in [1.165, 1.54) is 44.9 Å². The molecule has 3 N–H and O–H groups in total. The number of aliphatic hydroxyl groups excluding tert-OH is 3. The van der Waals surface area contributed by atoms with E-state index in [1.807, 2.05) is 6.08 Å². The minimum Gasteiger partial charge on any atom is -0.394 e. The van der Waals surface area contributed by atoms with E-state index < -0.39 is 31.0 Å². The Kier molecular flexibility index (Phi) is 12.4. The van der Waals surface area contributed by atoms with Crippen molar-refractivity contribution in [2.75, 3.05) is 19.8 Å². The predicted octanol–water partition coefficient (Wildman–Crippen LogP) is 2.57. The van der Waals surface area contributed by atoms with Gasteiger partial charge in [0, 0.05) is 6.61 Å². The molecule has 1 aliphatic heterocycles. The third kappa shape index (κ3) is 8.58. The van der Waals surface area contributed by atoms with Crippen LogP contribution >= 0.6 is 0 Å². The summed E-state index contributed by atoms with van der Waals surface area (Å²) in [5.74, 6) is 0. The molecule has 0 aromatic rings. The molecule has 0 aromatic heterocycles. The van der Waals surface area contributed by atoms with Gasteiger partial charge in [0.15, 0.2) is 0 Å². The van der Waals surface area contributed by atoms with Gasteiger partial charge in [-0.2, -0.15) is 0 Å². The molecule has 0 unspecified atom stereocenters. The van der Waals surface area contributed by atoms with E-state index in [0.29, 0.717) is 6.61 Å². The molecule has 0 radical (unpaired) electrons. The van der Waals surface area contributed by atoms with Gasteiger partial charge in [-0.05, 0) is 19.3 Å². The number of aliphatic hydroxyl groups is 3. The molecule has 24 heavy (non-hydrogen) atoms. The smallest absolute Gasteiger partial charge is 0.114 e. The number of ether oxygens (including phenoxy) is 2. The number of allylic oxidation sites excluding steroid dienone is 1. The summed E-state index contributed by atoms with van der Waals surface area (Å²) < 4.78 is 10.9. The first kappa shape index (κ1) is 21.6. The first-order valence-electron chi connectivity index (χ1n) is 9.51. The van der Waals surface area contributed by atoms with Gasteiger partial charge in [0.2, 0.25) is 0 Å². The van der Waals surface area contributed by atoms with Gasteiger partial charge in [0.25, 0.3) is 0 Å². The van der Waals surface area contributed by atoms with Gasteiger partial charge >= 0.3 is 0 Å². The van der Waals surface area contributed by atoms with E-state index in [2.05, 4.69) is 6.58 Å². The zero-order valence-electron chi connectivity index (χ0n) is 14.9. The van der Waals surface area contributed by atoms with Crippen LogP contribution in [0.15, 0.2) is 12.7 Å². The Morgan fingerprint density at radius 2 is 1.62 bits per heavy atom. The normalized spacial score (nSPS) is 25.0. The molecule has 0 amide bonds. The average Bonchev–Trinajstić information content (AvgIpc) is 2.96. The van der Waals surface area contributed by atoms with Crippen LogP contribution in [0.4, 0.5) is 0 Å². The standard InChI is InChI=1S/C19H36O5/c1-2-3-4-5-6-7-8-9-10-11-12-13-23-17-15-24-19(18(17)22)16(21)14-20/h2,16-22H,1,3-15H2/t16-,17+,18-,19-/m1/s1. The van der Waals surface area contributed by atoms with Gasteiger partial charge in [0.05, 0.1) is 13.2 Å². The molecule has 1 rings (SSSR count). The number of hydrogen-bond acceptors (Lipinski definition) is 5. The monoisotopic (exact) mass is 344 g/mol. The van der Waals surface area contributed by atoms with E-state index in [4.69, 9.17) is 14.6 Å². The second kappa shape index (κ2) is 13.8. The van der Waals surface area contributed by atoms with Gasteiger partial charge in [-0.1, -0.05) is 51.0 Å². The second-order valence-corrected chi connectivity index (χ2v) is 6.71. The van der Waals surface area contributed by atoms with E-state index in [9.17, 15) is 10.2 Å². The lowest BCUT2D eigenvalue weighted by Gasteiger charge is -2.20. The first-order chi connectivity index (χ1) is 11.7. The summed E-state index contributed by atoms with van der Waals surface area (Å²) in [5, 5.41) is 28.4. The van der Waals surface area contributed by atoms with Gasteiger partial charge in [-0.3, -0.25) is 0 Å². The van der Waals surface area contributed by atoms with E-state index >= 15 is 0 Å². The first-order valence-corrected chi connectivity index (χ1v) is 9.51. The highest BCUT2D eigenvalue weighted by Crippen LogP contribution is 2.20. The Morgan fingerprint density at radius 1 is 1.04 bits per heavy atom. The van der Waals surface area contributed by atoms with Crippen LogP contribution in [0.2, 0.25) is 0 Å². The number of hydrogen-bond donors (Lipinski definition) is 3. The summed E-state index contributed by atoms with van der Waals surface area (Å²) in [5.41, 5.74) is 0. The highest BCUT2D eigenvalue weighted by atomic mass is 16.6. The summed E-state index contributed by atoms with van der Waals surface area (Å²) in [4.78, 5) is 0. The lowest BCUT2D eigenvalue weighted by Crippen LogP contribution is -2.41. The van der Waals surface area contributed by atoms with Crippen LogP contribution < -0.4 is 0 Å². The van der Waals surface area contributed by atoms with Crippen LogP contribution in [-0.2, 0) is 9.47 Å². The molecular formula is C19H36O5. The molecule has 0 aromatic carbocycles. The van der Waals surface area contributed by atoms with Gasteiger partial charge in [-0.15, -0.1) is 6.58 Å². The fourth-order valence-corrected chi connectivity index (χ4v) is 3.07. The molecule has 142 valence electrons. The summed E-state index contributed by atoms with van der Waals surface area (Å²) in [6, 6.07) is 0. The van der Waals surface area contributed by atoms with Crippen molar-refractivity contribution >= 4 is 0 Å². The highest BCUT2D eigenvalue weighted by Gasteiger charge is 2.40. The van der Waals surface area contributed by atoms with Crippen molar-refractivity contribution in [2.45, 2.75) is 88.6 Å². The van der Waals surface area contributed by atoms with Crippen LogP contribution in [0.5, 0.6) is 0 Å². The van der Waals surface area contributed by atoms with Crippen molar-refractivity contribution in [3.05, 3.63) is 12.7 Å². The maximum Gasteiger partial charge on any atom is 0.114 e. The quantitative estimate of drug-likeness (QED) is 0.314. The highest BCUT2D eigenvalue weighted by molar-refractivity contribution is 4.88. The largest absolute Gasteiger partial charge is 0.394 e. The molecule has 1 aliphatic rings. The van der Waals surface area contributed by atoms with Gasteiger partial charge in [-0.25, -0.2) is 0 Å². The molecule has 4 atom stereocenters. The molecule has 1 fully saturated rings. The van der Waals surface area contributed by atoms with E-state index in [1.54, 1.807) is 0 Å². The molecule has 0 saturated carbocycles. The zero-order valence-corrected chi connectivity index (χ0v) is 14.9. The van der Waals surface area contributed by atoms with E-state index in [0.717, 1.165) is 19.3 Å². The molecule has 1 heterocycles. The fourth-order valence-electron chi connectivity index (χ4n) is 3.07. The third-order valence-corrected chi connectivity index (χ3v) is 4.62. The van der Waals surface area contributed by atoms with Crippen molar-refractivity contribution in [2.24, 2.45) is 0 Å². The van der Waals surface area contributed by atoms with Crippen molar-refractivity contribution in [1.82, 2.24) is 0 Å². The molecule has 5 heteroatoms. The van der Waals surface area contributed by atoms with Gasteiger partial charge in [0.1, 0.15) is 24.4 Å². The minimum atomic E-state index is -1.05. The van der Waals surface area contributed by atoms with Crippen molar-refractivity contribution in [3.8, 4) is 0 Å². The lowest BCUT2D eigenvalue weighted by molar-refractivity contribution is -0.0730. The van der Waals surface area contributed by atoms with Crippen LogP contribution in [0, 0.1) is 0 Å². The fraction of sp³-hybridized carbons (Fsp3) is 0.895. The SMILES string of the molecule is C=CCCCCCCCCCCCO[C@H]1CO[C@H]([C@H](O)CO)[C@@H]1O. The van der Waals surface area contributed by atoms with Crippen molar-refractivity contribution in [1.29, 1.82) is 0 Å². The summed E-state index contributed by atoms with van der Waals surface area (Å²) in [6.07, 6.45) is 11.3. The Hall–Kier alpha value is -0.460. The topological polar surface area (TPSA) is 79.2 Å². The number of rotatable bonds is 15. The van der Waals surface area contributed by atoms with Crippen molar-refractivity contribution in [3.63, 3.8) is 0 Å². The van der Waals surface area contributed by atoms with Crippen LogP contribution in [0.3, 0.4) is 0 Å². The van der Waals surface area contributed by atoms with Crippen LogP contribution in [-0.4, -0.2) is 59.6 Å². The van der Waals surface area contributed by atoms with Crippen LogP contribution in [0.25, 0.3) is 0 Å². The predicted molar refractivity (Wildman–Crippen MR) is 94.9 cm³/mol. The molecule has 0 spiro atoms. The summed E-state index contributed by atoms with van der Waals surface area (Å²) in [7, 11) is 0. The minimum absolute atomic E-state index is 0.273. The average molecular weight is 344 g/mol. The van der Waals surface area contributed by atoms with Crippen molar-refractivity contribution < 1.29 is 24.8 Å². The lowest BCUT2D eigenvalue weighted by atomic mass is 10.1. The molecule has 0 bridgehead atoms. The molecule has 0 aliphatic carbocycles. The maximum atomic E-state index is 10.0. The molecular weight excluding hydrogens is 308 g/mol. The Morgan fingerprint density at radius 3 is 2.21 bits per heavy atom. The van der Waals surface area contributed by atoms with Gasteiger partial charge < -0.3 is 24.8 Å². The second-order valence-electron chi connectivity index (χ2n) is 6.71. The zero-order chi connectivity index (χ0) is 17.6. The Balaban J connectivity index is 1.89. The van der Waals surface area contributed by atoms with Crippen LogP contribution in [0.1, 0.15) is 64.2 Å². The number of unbranched alkanes of at least 4 members (excludes halogenated alkanes) is 9. The Bertz CT molecular complexity index is 310. The molecule has 1 saturated heterocycles. The van der Waals surface area contributed by atoms with E-state index in [-0.39, 0.29) is 6.61 Å². The summed E-state index contributed by atoms with van der Waals surface area (Å²) >= 11 is 0. The summed E-state index contributed by atoms with van der Waals surface area (Å²) in [6.45, 7) is 4.20. The third-order valence-electron chi connectivity index (χ3n) is 4.62.